The molecule has 0 saturated heterocycles. The summed E-state index contributed by atoms with van der Waals surface area (Å²) in [6.45, 7) is 4.08. The molecule has 1 rings (SSSR count). The molecule has 2 N–H and O–H groups in total. The molecule has 0 radical (unpaired) electrons. The number of nitrogens with one attached hydrogen (secondary N) is 1. The van der Waals surface area contributed by atoms with Crippen molar-refractivity contribution in [1.29, 1.82) is 0 Å². The lowest BCUT2D eigenvalue weighted by Crippen LogP contribution is -2.38. The third-order valence-corrected chi connectivity index (χ3v) is 3.05. The lowest BCUT2D eigenvalue weighted by molar-refractivity contribution is 0.218. The number of anilines is 1. The van der Waals surface area contributed by atoms with Crippen LogP contribution in [-0.4, -0.2) is 33.5 Å². The summed E-state index contributed by atoms with van der Waals surface area (Å²) < 4.78 is 0. The summed E-state index contributed by atoms with van der Waals surface area (Å²) in [7, 11) is 0. The number of hydrogen-bond donors (Lipinski definition) is 2. The Labute approximate surface area is 94.5 Å². The normalized spacial score (nSPS) is 14.7. The maximum atomic E-state index is 9.26. The maximum Gasteiger partial charge on any atom is 0.130 e. The van der Waals surface area contributed by atoms with E-state index in [9.17, 15) is 5.11 Å². The highest BCUT2D eigenvalue weighted by atomic mass is 32.2. The van der Waals surface area contributed by atoms with Gasteiger partial charge in [0.25, 0.3) is 0 Å². The zero-order valence-corrected chi connectivity index (χ0v) is 10.1. The first-order valence-electron chi connectivity index (χ1n) is 4.88. The van der Waals surface area contributed by atoms with Crippen LogP contribution < -0.4 is 5.32 Å². The smallest absolute Gasteiger partial charge is 0.130 e. The Kier molecular flexibility index (Phi) is 4.35. The van der Waals surface area contributed by atoms with E-state index in [1.807, 2.05) is 26.2 Å². The molecular formula is C10H17N3OS. The molecule has 0 aliphatic carbocycles. The van der Waals surface area contributed by atoms with Gasteiger partial charge in [-0.25, -0.2) is 9.97 Å². The van der Waals surface area contributed by atoms with Crippen LogP contribution in [0.15, 0.2) is 17.4 Å². The first kappa shape index (κ1) is 12.3. The van der Waals surface area contributed by atoms with Crippen molar-refractivity contribution in [2.24, 2.45) is 0 Å². The molecular weight excluding hydrogens is 210 g/mol. The fourth-order valence-electron chi connectivity index (χ4n) is 1.07. The Balaban J connectivity index is 2.79. The van der Waals surface area contributed by atoms with Gasteiger partial charge in [0.05, 0.1) is 12.1 Å². The number of aliphatic hydroxyl groups excluding tert-OH is 1. The van der Waals surface area contributed by atoms with E-state index < -0.39 is 0 Å². The lowest BCUT2D eigenvalue weighted by Gasteiger charge is -2.27. The van der Waals surface area contributed by atoms with Crippen molar-refractivity contribution >= 4 is 17.6 Å². The number of thioether (sulfide) groups is 1. The zero-order valence-electron chi connectivity index (χ0n) is 9.32. The minimum Gasteiger partial charge on any atom is -0.394 e. The van der Waals surface area contributed by atoms with E-state index in [0.717, 1.165) is 17.3 Å². The standard InChI is InChI=1S/C10H17N3OS/c1-4-10(2,6-14)13-8-5-9(15-3)12-7-11-8/h5,7,14H,4,6H2,1-3H3,(H,11,12,13). The topological polar surface area (TPSA) is 58.0 Å². The molecule has 0 aliphatic rings. The number of rotatable bonds is 5. The molecule has 0 bridgehead atoms. The van der Waals surface area contributed by atoms with Crippen molar-refractivity contribution in [3.63, 3.8) is 0 Å². The summed E-state index contributed by atoms with van der Waals surface area (Å²) in [5.74, 6) is 0.757. The molecule has 0 aromatic carbocycles. The molecule has 5 heteroatoms. The first-order chi connectivity index (χ1) is 7.13. The van der Waals surface area contributed by atoms with E-state index >= 15 is 0 Å². The van der Waals surface area contributed by atoms with Gasteiger partial charge >= 0.3 is 0 Å². The number of aliphatic hydroxyl groups is 1. The van der Waals surface area contributed by atoms with Gasteiger partial charge in [0, 0.05) is 6.07 Å². The molecule has 1 unspecified atom stereocenters. The summed E-state index contributed by atoms with van der Waals surface area (Å²) in [5, 5.41) is 13.4. The molecule has 84 valence electrons. The van der Waals surface area contributed by atoms with Crippen LogP contribution in [0, 0.1) is 0 Å². The Morgan fingerprint density at radius 3 is 2.80 bits per heavy atom. The van der Waals surface area contributed by atoms with E-state index in [4.69, 9.17) is 0 Å². The second-order valence-corrected chi connectivity index (χ2v) is 4.47. The number of aromatic nitrogens is 2. The third-order valence-electron chi connectivity index (χ3n) is 2.41. The number of nitrogens with zero attached hydrogens (tertiary/aromatic N) is 2. The molecule has 0 aliphatic heterocycles. The second-order valence-electron chi connectivity index (χ2n) is 3.64. The minimum atomic E-state index is -0.315. The molecule has 0 saturated carbocycles. The molecule has 1 aromatic heterocycles. The largest absolute Gasteiger partial charge is 0.394 e. The van der Waals surface area contributed by atoms with E-state index in [1.54, 1.807) is 11.8 Å². The SMILES string of the molecule is CCC(C)(CO)Nc1cc(SC)ncn1. The van der Waals surface area contributed by atoms with Crippen molar-refractivity contribution in [3.8, 4) is 0 Å². The second kappa shape index (κ2) is 5.32. The van der Waals surface area contributed by atoms with Gasteiger partial charge in [-0.05, 0) is 19.6 Å². The molecule has 15 heavy (non-hydrogen) atoms. The monoisotopic (exact) mass is 227 g/mol. The average Bonchev–Trinajstić information content (AvgIpc) is 2.29. The van der Waals surface area contributed by atoms with E-state index in [0.29, 0.717) is 0 Å². The summed E-state index contributed by atoms with van der Waals surface area (Å²) >= 11 is 1.57. The molecule has 1 aromatic rings. The van der Waals surface area contributed by atoms with Gasteiger partial charge in [-0.2, -0.15) is 0 Å². The van der Waals surface area contributed by atoms with Gasteiger partial charge in [0.1, 0.15) is 17.2 Å². The van der Waals surface area contributed by atoms with E-state index in [2.05, 4.69) is 15.3 Å². The lowest BCUT2D eigenvalue weighted by atomic mass is 10.0. The van der Waals surface area contributed by atoms with Crippen molar-refractivity contribution in [2.45, 2.75) is 30.8 Å². The van der Waals surface area contributed by atoms with Gasteiger partial charge in [0.2, 0.25) is 0 Å². The van der Waals surface area contributed by atoms with Gasteiger partial charge in [0.15, 0.2) is 0 Å². The predicted octanol–water partition coefficient (Wildman–Crippen LogP) is 1.77. The van der Waals surface area contributed by atoms with Crippen molar-refractivity contribution in [3.05, 3.63) is 12.4 Å². The van der Waals surface area contributed by atoms with Crippen molar-refractivity contribution in [2.75, 3.05) is 18.2 Å². The number of hydrogen-bond acceptors (Lipinski definition) is 5. The highest BCUT2D eigenvalue weighted by Gasteiger charge is 2.20. The zero-order chi connectivity index (χ0) is 11.3. The molecule has 0 spiro atoms. The van der Waals surface area contributed by atoms with Crippen LogP contribution in [0.5, 0.6) is 0 Å². The molecule has 0 amide bonds. The first-order valence-corrected chi connectivity index (χ1v) is 6.11. The van der Waals surface area contributed by atoms with Gasteiger partial charge in [-0.15, -0.1) is 11.8 Å². The van der Waals surface area contributed by atoms with Crippen molar-refractivity contribution < 1.29 is 5.11 Å². The van der Waals surface area contributed by atoms with Crippen LogP contribution in [0.25, 0.3) is 0 Å². The van der Waals surface area contributed by atoms with Crippen molar-refractivity contribution in [1.82, 2.24) is 9.97 Å². The van der Waals surface area contributed by atoms with Crippen LogP contribution in [0.2, 0.25) is 0 Å². The van der Waals surface area contributed by atoms with E-state index in [1.165, 1.54) is 6.33 Å². The van der Waals surface area contributed by atoms with Crippen LogP contribution in [0.4, 0.5) is 5.82 Å². The summed E-state index contributed by atoms with van der Waals surface area (Å²) in [5.41, 5.74) is -0.315. The van der Waals surface area contributed by atoms with Gasteiger partial charge < -0.3 is 10.4 Å². The van der Waals surface area contributed by atoms with Crippen LogP contribution in [0.3, 0.4) is 0 Å². The predicted molar refractivity (Wildman–Crippen MR) is 63.2 cm³/mol. The summed E-state index contributed by atoms with van der Waals surface area (Å²) in [4.78, 5) is 8.21. The minimum absolute atomic E-state index is 0.0854. The fraction of sp³-hybridized carbons (Fsp3) is 0.600. The van der Waals surface area contributed by atoms with Crippen LogP contribution in [0.1, 0.15) is 20.3 Å². The quantitative estimate of drug-likeness (QED) is 0.593. The van der Waals surface area contributed by atoms with Crippen LogP contribution in [-0.2, 0) is 0 Å². The molecule has 1 atom stereocenters. The molecule has 4 nitrogen and oxygen atoms in total. The highest BCUT2D eigenvalue weighted by Crippen LogP contribution is 2.19. The van der Waals surface area contributed by atoms with E-state index in [-0.39, 0.29) is 12.1 Å². The highest BCUT2D eigenvalue weighted by molar-refractivity contribution is 7.98. The molecule has 1 heterocycles. The summed E-state index contributed by atoms with van der Waals surface area (Å²) in [6.07, 6.45) is 4.33. The Morgan fingerprint density at radius 2 is 2.27 bits per heavy atom. The summed E-state index contributed by atoms with van der Waals surface area (Å²) in [6, 6.07) is 1.88. The average molecular weight is 227 g/mol. The van der Waals surface area contributed by atoms with Crippen LogP contribution >= 0.6 is 11.8 Å². The van der Waals surface area contributed by atoms with Gasteiger partial charge in [-0.3, -0.25) is 0 Å². The Hall–Kier alpha value is -0.810. The third kappa shape index (κ3) is 3.35. The Morgan fingerprint density at radius 1 is 1.53 bits per heavy atom. The Bertz CT molecular complexity index is 315. The maximum absolute atomic E-state index is 9.26. The fourth-order valence-corrected chi connectivity index (χ4v) is 1.45. The van der Waals surface area contributed by atoms with Gasteiger partial charge in [-0.1, -0.05) is 6.92 Å². The molecule has 0 fully saturated rings.